The van der Waals surface area contributed by atoms with Crippen molar-refractivity contribution >= 4 is 27.2 Å². The van der Waals surface area contributed by atoms with Crippen LogP contribution in [0.25, 0.3) is 0 Å². The van der Waals surface area contributed by atoms with Gasteiger partial charge in [0.2, 0.25) is 10.0 Å². The number of hydrogen-bond donors (Lipinski definition) is 2. The molecular formula is C6H14N2O3S2. The summed E-state index contributed by atoms with van der Waals surface area (Å²) in [5.41, 5.74) is 5.10. The van der Waals surface area contributed by atoms with Crippen LogP contribution in [0, 0.1) is 0 Å². The van der Waals surface area contributed by atoms with Crippen LogP contribution in [0.5, 0.6) is 0 Å². The molecular weight excluding hydrogens is 212 g/mol. The predicted octanol–water partition coefficient (Wildman–Crippen LogP) is -0.773. The van der Waals surface area contributed by atoms with Crippen molar-refractivity contribution in [2.75, 3.05) is 19.4 Å². The van der Waals surface area contributed by atoms with E-state index in [0.717, 1.165) is 0 Å². The van der Waals surface area contributed by atoms with Gasteiger partial charge >= 0.3 is 0 Å². The lowest BCUT2D eigenvalue weighted by Crippen LogP contribution is -2.36. The molecule has 0 bridgehead atoms. The molecule has 0 aliphatic carbocycles. The summed E-state index contributed by atoms with van der Waals surface area (Å²) in [4.78, 5) is -0.0439. The highest BCUT2D eigenvalue weighted by molar-refractivity contribution is 7.92. The lowest BCUT2D eigenvalue weighted by molar-refractivity contribution is 0.122. The first kappa shape index (κ1) is 12.8. The SMILES string of the molecule is COC(C)CNS(=O)(=O)CC(N)=S. The van der Waals surface area contributed by atoms with Crippen molar-refractivity contribution in [1.82, 2.24) is 4.72 Å². The van der Waals surface area contributed by atoms with Crippen molar-refractivity contribution in [3.05, 3.63) is 0 Å². The van der Waals surface area contributed by atoms with E-state index in [9.17, 15) is 8.42 Å². The summed E-state index contributed by atoms with van der Waals surface area (Å²) in [6.45, 7) is 1.98. The Hall–Kier alpha value is -0.240. The van der Waals surface area contributed by atoms with Gasteiger partial charge < -0.3 is 10.5 Å². The third kappa shape index (κ3) is 6.88. The summed E-state index contributed by atoms with van der Waals surface area (Å²) in [6.07, 6.45) is -0.166. The summed E-state index contributed by atoms with van der Waals surface area (Å²) in [5, 5.41) is 0. The van der Waals surface area contributed by atoms with Gasteiger partial charge in [-0.2, -0.15) is 0 Å². The zero-order valence-electron chi connectivity index (χ0n) is 7.61. The molecule has 0 aromatic carbocycles. The third-order valence-electron chi connectivity index (χ3n) is 1.33. The van der Waals surface area contributed by atoms with Gasteiger partial charge in [0.25, 0.3) is 0 Å². The van der Waals surface area contributed by atoms with Crippen LogP contribution < -0.4 is 10.5 Å². The van der Waals surface area contributed by atoms with Crippen molar-refractivity contribution in [3.8, 4) is 0 Å². The number of thiocarbonyl (C=S) groups is 1. The molecule has 0 aliphatic heterocycles. The average molecular weight is 226 g/mol. The molecule has 78 valence electrons. The molecule has 0 amide bonds. The molecule has 0 saturated heterocycles. The highest BCUT2D eigenvalue weighted by Gasteiger charge is 2.12. The van der Waals surface area contributed by atoms with Gasteiger partial charge in [0, 0.05) is 13.7 Å². The van der Waals surface area contributed by atoms with Crippen LogP contribution in [0.4, 0.5) is 0 Å². The van der Waals surface area contributed by atoms with Crippen LogP contribution >= 0.6 is 12.2 Å². The summed E-state index contributed by atoms with van der Waals surface area (Å²) in [7, 11) is -1.88. The number of methoxy groups -OCH3 is 1. The Morgan fingerprint density at radius 1 is 1.69 bits per heavy atom. The first-order valence-corrected chi connectivity index (χ1v) is 5.72. The van der Waals surface area contributed by atoms with Gasteiger partial charge in [0.1, 0.15) is 5.75 Å². The normalized spacial score (nSPS) is 14.0. The quantitative estimate of drug-likeness (QED) is 0.581. The summed E-state index contributed by atoms with van der Waals surface area (Å²) < 4.78 is 29.4. The number of hydrogen-bond acceptors (Lipinski definition) is 4. The van der Waals surface area contributed by atoms with Gasteiger partial charge in [0.15, 0.2) is 0 Å². The van der Waals surface area contributed by atoms with Gasteiger partial charge in [-0.3, -0.25) is 0 Å². The van der Waals surface area contributed by atoms with Crippen LogP contribution in [0.3, 0.4) is 0 Å². The minimum Gasteiger partial charge on any atom is -0.392 e. The van der Waals surface area contributed by atoms with Crippen molar-refractivity contribution in [2.45, 2.75) is 13.0 Å². The standard InChI is InChI=1S/C6H14N2O3S2/c1-5(11-2)3-8-13(9,10)4-6(7)12/h5,8H,3-4H2,1-2H3,(H2,7,12). The fourth-order valence-electron chi connectivity index (χ4n) is 0.566. The lowest BCUT2D eigenvalue weighted by Gasteiger charge is -2.10. The van der Waals surface area contributed by atoms with E-state index >= 15 is 0 Å². The lowest BCUT2D eigenvalue weighted by atomic mass is 10.4. The number of rotatable bonds is 6. The molecule has 0 radical (unpaired) electrons. The Bertz CT molecular complexity index is 263. The third-order valence-corrected chi connectivity index (χ3v) is 2.95. The maximum Gasteiger partial charge on any atom is 0.218 e. The first-order chi connectivity index (χ1) is 5.87. The van der Waals surface area contributed by atoms with E-state index in [2.05, 4.69) is 16.9 Å². The van der Waals surface area contributed by atoms with Crippen molar-refractivity contribution in [1.29, 1.82) is 0 Å². The largest absolute Gasteiger partial charge is 0.392 e. The highest BCUT2D eigenvalue weighted by Crippen LogP contribution is 1.89. The zero-order valence-corrected chi connectivity index (χ0v) is 9.24. The second-order valence-corrected chi connectivity index (χ2v) is 4.95. The molecule has 0 heterocycles. The molecule has 0 aromatic heterocycles. The fraction of sp³-hybridized carbons (Fsp3) is 0.833. The summed E-state index contributed by atoms with van der Waals surface area (Å²) in [5.74, 6) is -0.321. The summed E-state index contributed by atoms with van der Waals surface area (Å²) >= 11 is 4.48. The van der Waals surface area contributed by atoms with Crippen LogP contribution in [0.1, 0.15) is 6.92 Å². The van der Waals surface area contributed by atoms with E-state index in [1.807, 2.05) is 0 Å². The number of nitrogens with one attached hydrogen (secondary N) is 1. The Morgan fingerprint density at radius 3 is 2.62 bits per heavy atom. The van der Waals surface area contributed by atoms with Crippen LogP contribution in [-0.2, 0) is 14.8 Å². The van der Waals surface area contributed by atoms with Crippen LogP contribution in [0.2, 0.25) is 0 Å². The molecule has 1 atom stereocenters. The molecule has 0 saturated carbocycles. The maximum absolute atomic E-state index is 11.1. The molecule has 0 fully saturated rings. The Kier molecular flexibility index (Phi) is 5.38. The molecule has 0 spiro atoms. The fourth-order valence-corrected chi connectivity index (χ4v) is 2.00. The van der Waals surface area contributed by atoms with E-state index in [4.69, 9.17) is 10.5 Å². The van der Waals surface area contributed by atoms with Gasteiger partial charge in [-0.25, -0.2) is 13.1 Å². The van der Waals surface area contributed by atoms with E-state index in [-0.39, 0.29) is 23.4 Å². The van der Waals surface area contributed by atoms with Crippen molar-refractivity contribution in [2.24, 2.45) is 5.73 Å². The van der Waals surface area contributed by atoms with Gasteiger partial charge in [0.05, 0.1) is 11.1 Å². The minimum absolute atomic E-state index is 0.0439. The molecule has 0 rings (SSSR count). The van der Waals surface area contributed by atoms with Gasteiger partial charge in [-0.1, -0.05) is 12.2 Å². The van der Waals surface area contributed by atoms with E-state index in [1.165, 1.54) is 7.11 Å². The number of nitrogens with two attached hydrogens (primary N) is 1. The van der Waals surface area contributed by atoms with Crippen LogP contribution in [0.15, 0.2) is 0 Å². The van der Waals surface area contributed by atoms with E-state index in [1.54, 1.807) is 6.92 Å². The van der Waals surface area contributed by atoms with Crippen LogP contribution in [-0.4, -0.2) is 38.9 Å². The Morgan fingerprint density at radius 2 is 2.23 bits per heavy atom. The molecule has 5 nitrogen and oxygen atoms in total. The van der Waals surface area contributed by atoms with Crippen molar-refractivity contribution in [3.63, 3.8) is 0 Å². The smallest absolute Gasteiger partial charge is 0.218 e. The number of sulfonamides is 1. The molecule has 7 heteroatoms. The Balaban J connectivity index is 3.97. The summed E-state index contributed by atoms with van der Waals surface area (Å²) in [6, 6.07) is 0. The van der Waals surface area contributed by atoms with Crippen molar-refractivity contribution < 1.29 is 13.2 Å². The molecule has 1 unspecified atom stereocenters. The topological polar surface area (TPSA) is 81.4 Å². The monoisotopic (exact) mass is 226 g/mol. The molecule has 13 heavy (non-hydrogen) atoms. The predicted molar refractivity (Wildman–Crippen MR) is 55.0 cm³/mol. The van der Waals surface area contributed by atoms with Gasteiger partial charge in [-0.15, -0.1) is 0 Å². The highest BCUT2D eigenvalue weighted by atomic mass is 32.2. The van der Waals surface area contributed by atoms with E-state index < -0.39 is 10.0 Å². The molecule has 0 aliphatic rings. The Labute approximate surface area is 83.7 Å². The zero-order chi connectivity index (χ0) is 10.5. The molecule has 3 N–H and O–H groups in total. The maximum atomic E-state index is 11.1. The average Bonchev–Trinajstić information content (AvgIpc) is 1.98. The van der Waals surface area contributed by atoms with Gasteiger partial charge in [-0.05, 0) is 6.92 Å². The number of ether oxygens (including phenoxy) is 1. The second-order valence-electron chi connectivity index (χ2n) is 2.62. The minimum atomic E-state index is -3.38. The first-order valence-electron chi connectivity index (χ1n) is 3.66. The second kappa shape index (κ2) is 5.48. The molecule has 0 aromatic rings. The van der Waals surface area contributed by atoms with E-state index in [0.29, 0.717) is 0 Å².